The molecule has 0 saturated heterocycles. The Labute approximate surface area is 343 Å². The van der Waals surface area contributed by atoms with Gasteiger partial charge >= 0.3 is 17.9 Å². The van der Waals surface area contributed by atoms with Gasteiger partial charge in [0, 0.05) is 19.3 Å². The van der Waals surface area contributed by atoms with Crippen LogP contribution in [0.15, 0.2) is 97.2 Å². The van der Waals surface area contributed by atoms with Gasteiger partial charge in [0.1, 0.15) is 13.2 Å². The lowest BCUT2D eigenvalue weighted by atomic mass is 10.1. The topological polar surface area (TPSA) is 78.9 Å². The van der Waals surface area contributed by atoms with Crippen LogP contribution in [-0.4, -0.2) is 37.2 Å². The molecule has 56 heavy (non-hydrogen) atoms. The number of carbonyl (C=O) groups is 3. The zero-order valence-corrected chi connectivity index (χ0v) is 35.9. The highest BCUT2D eigenvalue weighted by molar-refractivity contribution is 5.71. The van der Waals surface area contributed by atoms with Crippen molar-refractivity contribution in [2.45, 2.75) is 187 Å². The third-order valence-electron chi connectivity index (χ3n) is 8.83. The van der Waals surface area contributed by atoms with Gasteiger partial charge in [-0.3, -0.25) is 14.4 Å². The minimum atomic E-state index is -0.833. The van der Waals surface area contributed by atoms with Gasteiger partial charge in [-0.25, -0.2) is 0 Å². The van der Waals surface area contributed by atoms with Crippen LogP contribution >= 0.6 is 0 Å². The van der Waals surface area contributed by atoms with Gasteiger partial charge in [-0.1, -0.05) is 163 Å². The molecular weight excluding hydrogens is 697 g/mol. The summed E-state index contributed by atoms with van der Waals surface area (Å²) in [5.41, 5.74) is 0. The van der Waals surface area contributed by atoms with Gasteiger partial charge in [0.2, 0.25) is 0 Å². The van der Waals surface area contributed by atoms with Crippen LogP contribution in [0.3, 0.4) is 0 Å². The van der Waals surface area contributed by atoms with E-state index in [0.29, 0.717) is 19.3 Å². The monoisotopic (exact) mass is 777 g/mol. The maximum atomic E-state index is 12.7. The highest BCUT2D eigenvalue weighted by atomic mass is 16.6. The van der Waals surface area contributed by atoms with Crippen molar-refractivity contribution < 1.29 is 28.6 Å². The number of hydrogen-bond acceptors (Lipinski definition) is 6. The molecule has 0 N–H and O–H groups in total. The summed E-state index contributed by atoms with van der Waals surface area (Å²) in [6.07, 6.45) is 57.0. The summed E-state index contributed by atoms with van der Waals surface area (Å²) in [7, 11) is 0. The van der Waals surface area contributed by atoms with E-state index in [-0.39, 0.29) is 44.0 Å². The molecule has 6 nitrogen and oxygen atoms in total. The second kappa shape index (κ2) is 44.0. The summed E-state index contributed by atoms with van der Waals surface area (Å²) < 4.78 is 16.5. The van der Waals surface area contributed by atoms with Crippen LogP contribution in [0.2, 0.25) is 0 Å². The number of esters is 3. The average molecular weight is 777 g/mol. The predicted octanol–water partition coefficient (Wildman–Crippen LogP) is 14.2. The smallest absolute Gasteiger partial charge is 0.306 e. The fraction of sp³-hybridized carbons (Fsp3) is 0.620. The summed E-state index contributed by atoms with van der Waals surface area (Å²) in [6, 6.07) is 0. The molecule has 0 rings (SSSR count). The predicted molar refractivity (Wildman–Crippen MR) is 237 cm³/mol. The molecular formula is C50H80O6. The number of unbranched alkanes of at least 4 members (excludes halogenated alkanes) is 12. The van der Waals surface area contributed by atoms with Crippen molar-refractivity contribution in [3.8, 4) is 0 Å². The minimum Gasteiger partial charge on any atom is -0.462 e. The second-order valence-electron chi connectivity index (χ2n) is 14.2. The lowest BCUT2D eigenvalue weighted by Crippen LogP contribution is -2.30. The fourth-order valence-corrected chi connectivity index (χ4v) is 5.54. The Morgan fingerprint density at radius 2 is 0.768 bits per heavy atom. The van der Waals surface area contributed by atoms with Crippen molar-refractivity contribution in [1.29, 1.82) is 0 Å². The van der Waals surface area contributed by atoms with Crippen molar-refractivity contribution in [2.75, 3.05) is 13.2 Å². The van der Waals surface area contributed by atoms with Crippen LogP contribution in [0.4, 0.5) is 0 Å². The molecule has 0 aromatic carbocycles. The highest BCUT2D eigenvalue weighted by Gasteiger charge is 2.19. The van der Waals surface area contributed by atoms with E-state index in [9.17, 15) is 14.4 Å². The van der Waals surface area contributed by atoms with E-state index in [0.717, 1.165) is 83.5 Å². The zero-order valence-electron chi connectivity index (χ0n) is 35.9. The van der Waals surface area contributed by atoms with Gasteiger partial charge < -0.3 is 14.2 Å². The van der Waals surface area contributed by atoms with Crippen molar-refractivity contribution in [2.24, 2.45) is 0 Å². The lowest BCUT2D eigenvalue weighted by molar-refractivity contribution is -0.167. The molecule has 0 aliphatic rings. The molecule has 0 aromatic rings. The third kappa shape index (κ3) is 41.5. The summed E-state index contributed by atoms with van der Waals surface area (Å²) in [5, 5.41) is 0. The van der Waals surface area contributed by atoms with E-state index < -0.39 is 6.10 Å². The van der Waals surface area contributed by atoms with Crippen LogP contribution in [0, 0.1) is 0 Å². The number of allylic oxidation sites excluding steroid dienone is 16. The number of carbonyl (C=O) groups excluding carboxylic acids is 3. The molecule has 0 bridgehead atoms. The Balaban J connectivity index is 4.54. The van der Waals surface area contributed by atoms with Gasteiger partial charge in [0.25, 0.3) is 0 Å². The Hall–Kier alpha value is -3.67. The Morgan fingerprint density at radius 1 is 0.393 bits per heavy atom. The van der Waals surface area contributed by atoms with E-state index in [4.69, 9.17) is 14.2 Å². The first-order valence-electron chi connectivity index (χ1n) is 22.3. The largest absolute Gasteiger partial charge is 0.462 e. The summed E-state index contributed by atoms with van der Waals surface area (Å²) in [6.45, 7) is 6.24. The maximum absolute atomic E-state index is 12.7. The van der Waals surface area contributed by atoms with E-state index in [1.54, 1.807) is 0 Å². The zero-order chi connectivity index (χ0) is 40.8. The molecule has 0 fully saturated rings. The third-order valence-corrected chi connectivity index (χ3v) is 8.83. The van der Waals surface area contributed by atoms with E-state index in [1.165, 1.54) is 44.9 Å². The summed E-state index contributed by atoms with van der Waals surface area (Å²) >= 11 is 0. The number of hydrogen-bond donors (Lipinski definition) is 0. The van der Waals surface area contributed by atoms with Gasteiger partial charge in [-0.2, -0.15) is 0 Å². The molecule has 1 atom stereocenters. The molecule has 0 aromatic heterocycles. The number of ether oxygens (including phenoxy) is 3. The van der Waals surface area contributed by atoms with Crippen LogP contribution < -0.4 is 0 Å². The van der Waals surface area contributed by atoms with Gasteiger partial charge in [0.15, 0.2) is 6.10 Å². The first-order valence-corrected chi connectivity index (χ1v) is 22.3. The quantitative estimate of drug-likeness (QED) is 0.0204. The molecule has 0 amide bonds. The standard InChI is InChI=1S/C50H80O6/c1-4-7-10-13-16-19-22-23-24-25-26-29-31-34-37-40-43-49(52)55-46-47(56-50(53)44-41-38-35-32-28-21-18-15-12-9-6-3)45-54-48(51)42-39-36-33-30-27-20-17-14-11-8-5-2/h8-9,11-12,17-18,20-21,24-26,29-30,32-33,35,47H,4-7,10,13-16,19,22-23,27-28,31,34,36-46H2,1-3H3/b11-8-,12-9-,20-17-,21-18-,25-24-,29-26-,33-30-,35-32-. The normalized spacial score (nSPS) is 13.0. The van der Waals surface area contributed by atoms with Crippen LogP contribution in [-0.2, 0) is 28.6 Å². The van der Waals surface area contributed by atoms with Crippen molar-refractivity contribution >= 4 is 17.9 Å². The molecule has 0 spiro atoms. The van der Waals surface area contributed by atoms with Gasteiger partial charge in [-0.15, -0.1) is 0 Å². The van der Waals surface area contributed by atoms with Crippen LogP contribution in [0.25, 0.3) is 0 Å². The molecule has 1 unspecified atom stereocenters. The Bertz CT molecular complexity index is 1170. The Morgan fingerprint density at radius 3 is 1.25 bits per heavy atom. The van der Waals surface area contributed by atoms with Gasteiger partial charge in [-0.05, 0) is 96.3 Å². The van der Waals surface area contributed by atoms with Crippen molar-refractivity contribution in [3.63, 3.8) is 0 Å². The highest BCUT2D eigenvalue weighted by Crippen LogP contribution is 2.11. The first-order chi connectivity index (χ1) is 27.5. The van der Waals surface area contributed by atoms with Crippen molar-refractivity contribution in [1.82, 2.24) is 0 Å². The number of rotatable bonds is 38. The SMILES string of the molecule is CC/C=C\C/C=C\C/C=C\CCCC(=O)OCC(COC(=O)CCCCC/C=C\C=C/CCCCCCCCC)OC(=O)CCC/C=C\C/C=C\C/C=C\CC. The molecule has 0 radical (unpaired) electrons. The molecule has 0 aliphatic heterocycles. The molecule has 316 valence electrons. The summed E-state index contributed by atoms with van der Waals surface area (Å²) in [5.74, 6) is -1.08. The molecule has 0 saturated carbocycles. The minimum absolute atomic E-state index is 0.129. The fourth-order valence-electron chi connectivity index (χ4n) is 5.54. The Kier molecular flexibility index (Phi) is 41.2. The summed E-state index contributed by atoms with van der Waals surface area (Å²) in [4.78, 5) is 37.6. The van der Waals surface area contributed by atoms with E-state index in [2.05, 4.69) is 118 Å². The van der Waals surface area contributed by atoms with Crippen LogP contribution in [0.5, 0.6) is 0 Å². The maximum Gasteiger partial charge on any atom is 0.306 e. The first kappa shape index (κ1) is 52.3. The second-order valence-corrected chi connectivity index (χ2v) is 14.2. The van der Waals surface area contributed by atoms with E-state index >= 15 is 0 Å². The average Bonchev–Trinajstić information content (AvgIpc) is 3.19. The molecule has 6 heteroatoms. The molecule has 0 heterocycles. The van der Waals surface area contributed by atoms with Crippen molar-refractivity contribution in [3.05, 3.63) is 97.2 Å². The van der Waals surface area contributed by atoms with E-state index in [1.807, 2.05) is 0 Å². The van der Waals surface area contributed by atoms with Gasteiger partial charge in [0.05, 0.1) is 0 Å². The molecule has 0 aliphatic carbocycles. The lowest BCUT2D eigenvalue weighted by Gasteiger charge is -2.18. The van der Waals surface area contributed by atoms with Crippen LogP contribution in [0.1, 0.15) is 181 Å².